The Bertz CT molecular complexity index is 380. The maximum Gasteiger partial charge on any atom is 0.305 e. The van der Waals surface area contributed by atoms with E-state index in [0.717, 1.165) is 5.56 Å². The highest BCUT2D eigenvalue weighted by atomic mass is 16.5. The van der Waals surface area contributed by atoms with Crippen LogP contribution in [0.25, 0.3) is 0 Å². The van der Waals surface area contributed by atoms with Crippen molar-refractivity contribution in [2.24, 2.45) is 5.73 Å². The molecule has 0 aliphatic heterocycles. The number of carboxylic acid groups (broad SMARTS) is 1. The van der Waals surface area contributed by atoms with Crippen LogP contribution in [0.15, 0.2) is 12.1 Å². The summed E-state index contributed by atoms with van der Waals surface area (Å²) in [4.78, 5) is 10.5. The average Bonchev–Trinajstić information content (AvgIpc) is 2.16. The Morgan fingerprint density at radius 1 is 1.56 bits per heavy atom. The molecule has 0 spiro atoms. The molecule has 0 bridgehead atoms. The Balaban J connectivity index is 3.03. The lowest BCUT2D eigenvalue weighted by Crippen LogP contribution is -2.15. The molecule has 1 aromatic carbocycles. The van der Waals surface area contributed by atoms with Crippen LogP contribution in [0.1, 0.15) is 23.6 Å². The van der Waals surface area contributed by atoms with E-state index in [0.29, 0.717) is 11.3 Å². The molecule has 0 radical (unpaired) electrons. The molecule has 1 rings (SSSR count). The Morgan fingerprint density at radius 3 is 2.62 bits per heavy atom. The summed E-state index contributed by atoms with van der Waals surface area (Å²) in [6.45, 7) is 1.76. The first kappa shape index (κ1) is 12.3. The van der Waals surface area contributed by atoms with Gasteiger partial charge >= 0.3 is 5.97 Å². The van der Waals surface area contributed by atoms with E-state index >= 15 is 0 Å². The number of aromatic hydroxyl groups is 1. The first-order valence-electron chi connectivity index (χ1n) is 4.80. The van der Waals surface area contributed by atoms with Crippen LogP contribution in [-0.4, -0.2) is 23.3 Å². The van der Waals surface area contributed by atoms with Crippen LogP contribution in [0.3, 0.4) is 0 Å². The summed E-state index contributed by atoms with van der Waals surface area (Å²) in [7, 11) is 1.46. The molecule has 0 fully saturated rings. The summed E-state index contributed by atoms with van der Waals surface area (Å²) in [5, 5.41) is 18.2. The van der Waals surface area contributed by atoms with E-state index in [2.05, 4.69) is 0 Å². The molecule has 0 amide bonds. The van der Waals surface area contributed by atoms with E-state index < -0.39 is 12.0 Å². The third-order valence-electron chi connectivity index (χ3n) is 2.30. The van der Waals surface area contributed by atoms with Gasteiger partial charge in [0.05, 0.1) is 13.5 Å². The predicted molar refractivity (Wildman–Crippen MR) is 58.6 cm³/mol. The molecule has 5 heteroatoms. The van der Waals surface area contributed by atoms with Crippen molar-refractivity contribution < 1.29 is 19.7 Å². The number of phenolic OH excluding ortho intramolecular Hbond substituents is 1. The van der Waals surface area contributed by atoms with Gasteiger partial charge in [0.15, 0.2) is 11.5 Å². The van der Waals surface area contributed by atoms with Gasteiger partial charge in [0.2, 0.25) is 0 Å². The Kier molecular flexibility index (Phi) is 3.73. The normalized spacial score (nSPS) is 12.2. The average molecular weight is 225 g/mol. The molecule has 0 saturated carbocycles. The number of nitrogens with two attached hydrogens (primary N) is 1. The summed E-state index contributed by atoms with van der Waals surface area (Å²) in [5.74, 6) is -0.620. The number of hydrogen-bond acceptors (Lipinski definition) is 4. The number of methoxy groups -OCH3 is 1. The van der Waals surface area contributed by atoms with E-state index in [-0.39, 0.29) is 12.2 Å². The fourth-order valence-corrected chi connectivity index (χ4v) is 1.57. The highest BCUT2D eigenvalue weighted by Crippen LogP contribution is 2.33. The van der Waals surface area contributed by atoms with Gasteiger partial charge in [0, 0.05) is 6.04 Å². The van der Waals surface area contributed by atoms with Crippen molar-refractivity contribution in [3.63, 3.8) is 0 Å². The topological polar surface area (TPSA) is 92.8 Å². The maximum absolute atomic E-state index is 10.5. The summed E-state index contributed by atoms with van der Waals surface area (Å²) in [6, 6.07) is 2.51. The van der Waals surface area contributed by atoms with Gasteiger partial charge in [0.1, 0.15) is 0 Å². The molecule has 0 aliphatic carbocycles. The van der Waals surface area contributed by atoms with Crippen molar-refractivity contribution >= 4 is 5.97 Å². The lowest BCUT2D eigenvalue weighted by Gasteiger charge is -2.13. The number of benzene rings is 1. The monoisotopic (exact) mass is 225 g/mol. The summed E-state index contributed by atoms with van der Waals surface area (Å²) >= 11 is 0. The van der Waals surface area contributed by atoms with Gasteiger partial charge < -0.3 is 20.7 Å². The number of aryl methyl sites for hydroxylation is 1. The second-order valence-corrected chi connectivity index (χ2v) is 3.59. The number of hydrogen-bond donors (Lipinski definition) is 3. The third kappa shape index (κ3) is 2.64. The number of aliphatic carboxylic acids is 1. The van der Waals surface area contributed by atoms with E-state index in [1.54, 1.807) is 13.0 Å². The number of ether oxygens (including phenoxy) is 1. The summed E-state index contributed by atoms with van der Waals surface area (Å²) < 4.78 is 4.98. The number of phenols is 1. The van der Waals surface area contributed by atoms with E-state index in [1.165, 1.54) is 13.2 Å². The predicted octanol–water partition coefficient (Wildman–Crippen LogP) is 1.18. The molecule has 1 unspecified atom stereocenters. The van der Waals surface area contributed by atoms with Crippen LogP contribution in [0, 0.1) is 6.92 Å². The first-order chi connectivity index (χ1) is 7.45. The molecular weight excluding hydrogens is 210 g/mol. The molecular formula is C11H15NO4. The molecule has 88 valence electrons. The third-order valence-corrected chi connectivity index (χ3v) is 2.30. The van der Waals surface area contributed by atoms with Crippen LogP contribution in [0.4, 0.5) is 0 Å². The van der Waals surface area contributed by atoms with Crippen LogP contribution in [0.5, 0.6) is 11.5 Å². The largest absolute Gasteiger partial charge is 0.504 e. The first-order valence-corrected chi connectivity index (χ1v) is 4.80. The second-order valence-electron chi connectivity index (χ2n) is 3.59. The van der Waals surface area contributed by atoms with Crippen molar-refractivity contribution in [3.05, 3.63) is 23.3 Å². The molecule has 0 aliphatic rings. The molecule has 5 nitrogen and oxygen atoms in total. The number of rotatable bonds is 4. The molecule has 0 aromatic heterocycles. The minimum atomic E-state index is -0.972. The van der Waals surface area contributed by atoms with Crippen molar-refractivity contribution in [2.75, 3.05) is 7.11 Å². The van der Waals surface area contributed by atoms with Gasteiger partial charge in [-0.1, -0.05) is 6.07 Å². The zero-order valence-corrected chi connectivity index (χ0v) is 9.23. The van der Waals surface area contributed by atoms with Crippen molar-refractivity contribution in [1.82, 2.24) is 0 Å². The van der Waals surface area contributed by atoms with Gasteiger partial charge in [-0.15, -0.1) is 0 Å². The van der Waals surface area contributed by atoms with Crippen molar-refractivity contribution in [1.29, 1.82) is 0 Å². The SMILES string of the molecule is COc1c(C)cc(C(N)CC(=O)O)cc1O. The zero-order valence-electron chi connectivity index (χ0n) is 9.23. The summed E-state index contributed by atoms with van der Waals surface area (Å²) in [6.07, 6.45) is -0.175. The Labute approximate surface area is 93.5 Å². The van der Waals surface area contributed by atoms with E-state index in [1.807, 2.05) is 0 Å². The van der Waals surface area contributed by atoms with Crippen LogP contribution >= 0.6 is 0 Å². The molecule has 4 N–H and O–H groups in total. The standard InChI is InChI=1S/C11H15NO4/c1-6-3-7(8(12)5-10(14)15)4-9(13)11(6)16-2/h3-4,8,13H,5,12H2,1-2H3,(H,14,15). The van der Waals surface area contributed by atoms with E-state index in [4.69, 9.17) is 15.6 Å². The van der Waals surface area contributed by atoms with Crippen LogP contribution in [0.2, 0.25) is 0 Å². The minimum absolute atomic E-state index is 0.0293. The fraction of sp³-hybridized carbons (Fsp3) is 0.364. The summed E-state index contributed by atoms with van der Waals surface area (Å²) in [5.41, 5.74) is 6.99. The highest BCUT2D eigenvalue weighted by Gasteiger charge is 2.14. The number of carbonyl (C=O) groups is 1. The van der Waals surface area contributed by atoms with Gasteiger partial charge in [-0.25, -0.2) is 0 Å². The van der Waals surface area contributed by atoms with Gasteiger partial charge in [-0.05, 0) is 24.1 Å². The lowest BCUT2D eigenvalue weighted by molar-refractivity contribution is -0.137. The number of carboxylic acids is 1. The van der Waals surface area contributed by atoms with Gasteiger partial charge in [-0.2, -0.15) is 0 Å². The molecule has 1 aromatic rings. The fourth-order valence-electron chi connectivity index (χ4n) is 1.57. The van der Waals surface area contributed by atoms with Gasteiger partial charge in [-0.3, -0.25) is 4.79 Å². The van der Waals surface area contributed by atoms with Crippen molar-refractivity contribution in [3.8, 4) is 11.5 Å². The van der Waals surface area contributed by atoms with E-state index in [9.17, 15) is 9.90 Å². The smallest absolute Gasteiger partial charge is 0.305 e. The van der Waals surface area contributed by atoms with Crippen LogP contribution in [-0.2, 0) is 4.79 Å². The molecule has 0 saturated heterocycles. The van der Waals surface area contributed by atoms with Crippen LogP contribution < -0.4 is 10.5 Å². The maximum atomic E-state index is 10.5. The van der Waals surface area contributed by atoms with Crippen molar-refractivity contribution in [2.45, 2.75) is 19.4 Å². The van der Waals surface area contributed by atoms with Gasteiger partial charge in [0.25, 0.3) is 0 Å². The Hall–Kier alpha value is -1.75. The quantitative estimate of drug-likeness (QED) is 0.715. The Morgan fingerprint density at radius 2 is 2.19 bits per heavy atom. The molecule has 0 heterocycles. The molecule has 1 atom stereocenters. The highest BCUT2D eigenvalue weighted by molar-refractivity contribution is 5.68. The lowest BCUT2D eigenvalue weighted by atomic mass is 10.0. The molecule has 16 heavy (non-hydrogen) atoms. The minimum Gasteiger partial charge on any atom is -0.504 e. The second kappa shape index (κ2) is 4.85. The zero-order chi connectivity index (χ0) is 12.3.